The topological polar surface area (TPSA) is 63.6 Å². The molecule has 2 amide bonds. The number of ether oxygens (including phenoxy) is 1. The van der Waals surface area contributed by atoms with E-state index in [4.69, 9.17) is 4.74 Å². The average Bonchev–Trinajstić information content (AvgIpc) is 2.88. The molecule has 1 aliphatic heterocycles. The van der Waals surface area contributed by atoms with Crippen LogP contribution in [-0.2, 0) is 29.0 Å². The normalized spacial score (nSPS) is 13.5. The second-order valence-corrected chi connectivity index (χ2v) is 6.65. The highest BCUT2D eigenvalue weighted by atomic mass is 16.5. The number of hydrogen-bond donors (Lipinski definition) is 1. The van der Waals surface area contributed by atoms with Crippen molar-refractivity contribution in [2.24, 2.45) is 0 Å². The van der Waals surface area contributed by atoms with E-state index < -0.39 is 5.97 Å². The molecule has 6 nitrogen and oxygen atoms in total. The summed E-state index contributed by atoms with van der Waals surface area (Å²) in [5.41, 5.74) is 3.71. The molecule has 0 fully saturated rings. The minimum Gasteiger partial charge on any atom is -0.465 e. The van der Waals surface area contributed by atoms with Gasteiger partial charge in [0.15, 0.2) is 0 Å². The molecule has 2 aromatic rings. The van der Waals surface area contributed by atoms with Crippen molar-refractivity contribution in [2.45, 2.75) is 46.2 Å². The number of carbonyl (C=O) groups excluding carboxylic acids is 2. The molecule has 0 bridgehead atoms. The summed E-state index contributed by atoms with van der Waals surface area (Å²) in [6.07, 6.45) is 5.39. The average molecular weight is 357 g/mol. The van der Waals surface area contributed by atoms with E-state index in [-0.39, 0.29) is 12.6 Å². The Bertz CT molecular complexity index is 797. The number of hydrogen-bond acceptors (Lipinski definition) is 3. The lowest BCUT2D eigenvalue weighted by atomic mass is 10.1. The van der Waals surface area contributed by atoms with Gasteiger partial charge in [-0.1, -0.05) is 25.5 Å². The number of nitrogens with zero attached hydrogens (tertiary/aromatic N) is 2. The molecule has 2 heterocycles. The van der Waals surface area contributed by atoms with Crippen molar-refractivity contribution in [3.05, 3.63) is 35.5 Å². The van der Waals surface area contributed by atoms with E-state index in [1.807, 2.05) is 0 Å². The van der Waals surface area contributed by atoms with Crippen LogP contribution in [0.25, 0.3) is 10.9 Å². The standard InChI is InChI=1S/C20H27N3O3/c1-3-5-10-22-13-16-9-11-23(20(25)21-12-18(24)26-4-2)14-15-7-6-8-17(22)19(15)16/h6-8,13H,3-5,9-12,14H2,1-2H3,(H,21,25). The van der Waals surface area contributed by atoms with Gasteiger partial charge in [-0.3, -0.25) is 4.79 Å². The fourth-order valence-electron chi connectivity index (χ4n) is 3.54. The number of aromatic nitrogens is 1. The predicted molar refractivity (Wildman–Crippen MR) is 101 cm³/mol. The fraction of sp³-hybridized carbons (Fsp3) is 0.500. The Morgan fingerprint density at radius 1 is 1.23 bits per heavy atom. The molecule has 26 heavy (non-hydrogen) atoms. The zero-order valence-electron chi connectivity index (χ0n) is 15.6. The molecule has 3 rings (SSSR count). The van der Waals surface area contributed by atoms with E-state index in [2.05, 4.69) is 41.2 Å². The zero-order valence-corrected chi connectivity index (χ0v) is 15.6. The first-order valence-corrected chi connectivity index (χ1v) is 9.42. The van der Waals surface area contributed by atoms with Gasteiger partial charge in [0, 0.05) is 36.7 Å². The maximum Gasteiger partial charge on any atom is 0.325 e. The lowest BCUT2D eigenvalue weighted by Gasteiger charge is -2.21. The highest BCUT2D eigenvalue weighted by molar-refractivity contribution is 5.89. The van der Waals surface area contributed by atoms with E-state index in [0.717, 1.165) is 24.9 Å². The number of benzene rings is 1. The van der Waals surface area contributed by atoms with Gasteiger partial charge in [0.1, 0.15) is 6.54 Å². The van der Waals surface area contributed by atoms with Crippen LogP contribution in [0.1, 0.15) is 37.8 Å². The molecule has 0 spiro atoms. The van der Waals surface area contributed by atoms with Gasteiger partial charge in [-0.05, 0) is 37.0 Å². The van der Waals surface area contributed by atoms with Gasteiger partial charge in [0.05, 0.1) is 6.61 Å². The Morgan fingerprint density at radius 2 is 2.08 bits per heavy atom. The summed E-state index contributed by atoms with van der Waals surface area (Å²) in [7, 11) is 0. The van der Waals surface area contributed by atoms with Gasteiger partial charge in [0.25, 0.3) is 0 Å². The van der Waals surface area contributed by atoms with Crippen molar-refractivity contribution < 1.29 is 14.3 Å². The summed E-state index contributed by atoms with van der Waals surface area (Å²) in [6.45, 7) is 6.39. The van der Waals surface area contributed by atoms with Gasteiger partial charge >= 0.3 is 12.0 Å². The SMILES string of the molecule is CCCCn1cc2c3c(cccc31)CN(C(=O)NCC(=O)OCC)CC2. The fourth-order valence-corrected chi connectivity index (χ4v) is 3.54. The first kappa shape index (κ1) is 18.3. The van der Waals surface area contributed by atoms with Gasteiger partial charge in [-0.25, -0.2) is 4.79 Å². The second-order valence-electron chi connectivity index (χ2n) is 6.65. The lowest BCUT2D eigenvalue weighted by molar-refractivity contribution is -0.141. The number of unbranched alkanes of at least 4 members (excludes halogenated alkanes) is 1. The maximum atomic E-state index is 12.5. The molecule has 0 radical (unpaired) electrons. The van der Waals surface area contributed by atoms with Crippen molar-refractivity contribution in [1.82, 2.24) is 14.8 Å². The summed E-state index contributed by atoms with van der Waals surface area (Å²) in [4.78, 5) is 25.7. The minimum absolute atomic E-state index is 0.0937. The Hall–Kier alpha value is -2.50. The van der Waals surface area contributed by atoms with E-state index >= 15 is 0 Å². The number of esters is 1. The number of amides is 2. The molecule has 1 N–H and O–H groups in total. The van der Waals surface area contributed by atoms with Gasteiger partial charge in [0.2, 0.25) is 0 Å². The lowest BCUT2D eigenvalue weighted by Crippen LogP contribution is -2.42. The smallest absolute Gasteiger partial charge is 0.325 e. The van der Waals surface area contributed by atoms with Crippen LogP contribution in [0.2, 0.25) is 0 Å². The molecular formula is C20H27N3O3. The Kier molecular flexibility index (Phi) is 5.81. The third kappa shape index (κ3) is 3.84. The Morgan fingerprint density at radius 3 is 2.85 bits per heavy atom. The van der Waals surface area contributed by atoms with Crippen molar-refractivity contribution in [1.29, 1.82) is 0 Å². The van der Waals surface area contributed by atoms with E-state index in [0.29, 0.717) is 19.7 Å². The van der Waals surface area contributed by atoms with Crippen LogP contribution < -0.4 is 5.32 Å². The van der Waals surface area contributed by atoms with E-state index in [1.54, 1.807) is 11.8 Å². The first-order valence-electron chi connectivity index (χ1n) is 9.42. The molecule has 1 aliphatic rings. The van der Waals surface area contributed by atoms with Crippen LogP contribution >= 0.6 is 0 Å². The molecule has 0 saturated carbocycles. The van der Waals surface area contributed by atoms with Crippen LogP contribution in [0.5, 0.6) is 0 Å². The number of urea groups is 1. The van der Waals surface area contributed by atoms with Crippen LogP contribution in [0.4, 0.5) is 4.79 Å². The molecule has 0 saturated heterocycles. The van der Waals surface area contributed by atoms with Crippen LogP contribution in [-0.4, -0.2) is 41.2 Å². The first-order chi connectivity index (χ1) is 12.6. The molecule has 1 aromatic heterocycles. The zero-order chi connectivity index (χ0) is 18.5. The Balaban J connectivity index is 1.76. The van der Waals surface area contributed by atoms with Gasteiger partial charge < -0.3 is 19.5 Å². The number of rotatable bonds is 6. The molecule has 1 aromatic carbocycles. The van der Waals surface area contributed by atoms with Crippen LogP contribution in [0.15, 0.2) is 24.4 Å². The largest absolute Gasteiger partial charge is 0.465 e. The molecule has 0 aliphatic carbocycles. The minimum atomic E-state index is -0.411. The predicted octanol–water partition coefficient (Wildman–Crippen LogP) is 3.07. The Labute approximate surface area is 154 Å². The van der Waals surface area contributed by atoms with Crippen molar-refractivity contribution in [2.75, 3.05) is 19.7 Å². The van der Waals surface area contributed by atoms with E-state index in [1.165, 1.54) is 22.9 Å². The van der Waals surface area contributed by atoms with Gasteiger partial charge in [-0.2, -0.15) is 0 Å². The summed E-state index contributed by atoms with van der Waals surface area (Å²) < 4.78 is 7.20. The third-order valence-corrected chi connectivity index (χ3v) is 4.81. The number of nitrogens with one attached hydrogen (secondary N) is 1. The van der Waals surface area contributed by atoms with Crippen LogP contribution in [0.3, 0.4) is 0 Å². The maximum absolute atomic E-state index is 12.5. The quantitative estimate of drug-likeness (QED) is 0.808. The monoisotopic (exact) mass is 357 g/mol. The molecule has 0 unspecified atom stereocenters. The summed E-state index contributed by atoms with van der Waals surface area (Å²) in [5, 5.41) is 3.94. The number of carbonyl (C=O) groups is 2. The van der Waals surface area contributed by atoms with Crippen molar-refractivity contribution in [3.63, 3.8) is 0 Å². The molecule has 140 valence electrons. The van der Waals surface area contributed by atoms with E-state index in [9.17, 15) is 9.59 Å². The third-order valence-electron chi connectivity index (χ3n) is 4.81. The van der Waals surface area contributed by atoms with Gasteiger partial charge in [-0.15, -0.1) is 0 Å². The molecule has 6 heteroatoms. The summed E-state index contributed by atoms with van der Waals surface area (Å²) in [5.74, 6) is -0.411. The van der Waals surface area contributed by atoms with Crippen molar-refractivity contribution >= 4 is 22.9 Å². The summed E-state index contributed by atoms with van der Waals surface area (Å²) in [6, 6.07) is 6.09. The van der Waals surface area contributed by atoms with Crippen molar-refractivity contribution in [3.8, 4) is 0 Å². The highest BCUT2D eigenvalue weighted by Crippen LogP contribution is 2.29. The molecular weight excluding hydrogens is 330 g/mol. The molecule has 0 atom stereocenters. The van der Waals surface area contributed by atoms with Crippen LogP contribution in [0, 0.1) is 0 Å². The summed E-state index contributed by atoms with van der Waals surface area (Å²) >= 11 is 0. The highest BCUT2D eigenvalue weighted by Gasteiger charge is 2.22. The second kappa shape index (κ2) is 8.25. The number of aryl methyl sites for hydroxylation is 1.